The smallest absolute Gasteiger partial charge is 0.260 e. The van der Waals surface area contributed by atoms with Crippen molar-refractivity contribution in [2.75, 3.05) is 18.4 Å². The van der Waals surface area contributed by atoms with Gasteiger partial charge in [0.05, 0.1) is 16.9 Å². The third kappa shape index (κ3) is 4.97. The van der Waals surface area contributed by atoms with Crippen molar-refractivity contribution in [1.82, 2.24) is 10.2 Å². The molecule has 0 saturated carbocycles. The van der Waals surface area contributed by atoms with Crippen LogP contribution in [0.2, 0.25) is 0 Å². The van der Waals surface area contributed by atoms with E-state index in [1.54, 1.807) is 6.07 Å². The molecular weight excluding hydrogens is 560 g/mol. The first-order valence-electron chi connectivity index (χ1n) is 10.7. The van der Waals surface area contributed by atoms with Gasteiger partial charge in [-0.25, -0.2) is 13.2 Å². The van der Waals surface area contributed by atoms with E-state index in [1.165, 1.54) is 29.3 Å². The second-order valence-electron chi connectivity index (χ2n) is 8.09. The van der Waals surface area contributed by atoms with Gasteiger partial charge in [0, 0.05) is 27.9 Å². The van der Waals surface area contributed by atoms with Gasteiger partial charge >= 0.3 is 0 Å². The van der Waals surface area contributed by atoms with Gasteiger partial charge in [-0.1, -0.05) is 6.42 Å². The van der Waals surface area contributed by atoms with E-state index < -0.39 is 35.0 Å². The van der Waals surface area contributed by atoms with E-state index in [0.717, 1.165) is 37.9 Å². The second-order valence-corrected chi connectivity index (χ2v) is 9.33. The lowest BCUT2D eigenvalue weighted by Crippen LogP contribution is -2.43. The maximum atomic E-state index is 14.8. The van der Waals surface area contributed by atoms with E-state index in [4.69, 9.17) is 5.73 Å². The van der Waals surface area contributed by atoms with Gasteiger partial charge in [-0.05, 0) is 84.0 Å². The molecule has 4 N–H and O–H groups in total. The number of rotatable bonds is 5. The summed E-state index contributed by atoms with van der Waals surface area (Å²) in [6.45, 7) is 0.832. The summed E-state index contributed by atoms with van der Waals surface area (Å²) < 4.78 is 43.9. The molecular formula is C24H22F3IN4O2. The fraction of sp³-hybridized carbons (Fsp3) is 0.250. The average Bonchev–Trinajstić information content (AvgIpc) is 2.83. The molecule has 1 saturated heterocycles. The molecule has 0 aromatic heterocycles. The summed E-state index contributed by atoms with van der Waals surface area (Å²) >= 11 is 1.93. The third-order valence-corrected chi connectivity index (χ3v) is 6.55. The van der Waals surface area contributed by atoms with Crippen molar-refractivity contribution in [3.05, 3.63) is 80.3 Å². The van der Waals surface area contributed by atoms with Crippen LogP contribution in [0.1, 0.15) is 29.6 Å². The number of carbonyl (C=O) groups excluding carboxylic acids is 2. The molecule has 2 heterocycles. The minimum absolute atomic E-state index is 0.0571. The summed E-state index contributed by atoms with van der Waals surface area (Å²) in [7, 11) is 0. The lowest BCUT2D eigenvalue weighted by atomic mass is 9.91. The fourth-order valence-electron chi connectivity index (χ4n) is 4.15. The Morgan fingerprint density at radius 3 is 2.59 bits per heavy atom. The molecule has 6 nitrogen and oxygen atoms in total. The molecule has 1 atom stereocenters. The Morgan fingerprint density at radius 2 is 1.91 bits per heavy atom. The largest absolute Gasteiger partial charge is 0.366 e. The monoisotopic (exact) mass is 582 g/mol. The number of anilines is 2. The van der Waals surface area contributed by atoms with Gasteiger partial charge in [-0.3, -0.25) is 9.59 Å². The number of piperidine rings is 1. The zero-order valence-electron chi connectivity index (χ0n) is 18.0. The van der Waals surface area contributed by atoms with Gasteiger partial charge in [0.2, 0.25) is 5.91 Å². The number of nitrogens with two attached hydrogens (primary N) is 1. The first kappa shape index (κ1) is 24.3. The molecule has 0 spiro atoms. The molecule has 178 valence electrons. The second kappa shape index (κ2) is 10.2. The van der Waals surface area contributed by atoms with Gasteiger partial charge < -0.3 is 21.3 Å². The number of primary amides is 1. The molecule has 2 aliphatic heterocycles. The summed E-state index contributed by atoms with van der Waals surface area (Å²) in [5.74, 6) is -4.39. The average molecular weight is 582 g/mol. The van der Waals surface area contributed by atoms with E-state index >= 15 is 0 Å². The van der Waals surface area contributed by atoms with E-state index in [1.807, 2.05) is 22.6 Å². The fourth-order valence-corrected chi connectivity index (χ4v) is 4.60. The lowest BCUT2D eigenvalue weighted by molar-refractivity contribution is -0.114. The van der Waals surface area contributed by atoms with Crippen molar-refractivity contribution in [3.63, 3.8) is 0 Å². The molecule has 0 bridgehead atoms. The Hall–Kier alpha value is -2.86. The van der Waals surface area contributed by atoms with E-state index in [-0.39, 0.29) is 23.8 Å². The standard InChI is InChI=1S/C24H22F3IN4O2/c25-17-6-5-15(22(21(17)27)31-20-7-4-13(28)11-18(20)26)24(34)32-10-8-14(23(29)33)16(12-32)19-3-1-2-9-30-19/h4-8,10-11,19,30-31H,1-3,9,12H2,(H2,29,33)/t19-/m0/s1. The normalized spacial score (nSPS) is 18.2. The number of carbonyl (C=O) groups is 2. The first-order chi connectivity index (χ1) is 16.3. The number of hydrogen-bond donors (Lipinski definition) is 3. The zero-order chi connectivity index (χ0) is 24.4. The minimum Gasteiger partial charge on any atom is -0.366 e. The molecule has 2 aromatic rings. The van der Waals surface area contributed by atoms with Crippen molar-refractivity contribution < 1.29 is 22.8 Å². The lowest BCUT2D eigenvalue weighted by Gasteiger charge is -2.33. The van der Waals surface area contributed by atoms with Crippen LogP contribution in [-0.4, -0.2) is 35.8 Å². The van der Waals surface area contributed by atoms with Crippen LogP contribution in [0.25, 0.3) is 0 Å². The molecule has 2 amide bonds. The van der Waals surface area contributed by atoms with Crippen LogP contribution in [0.5, 0.6) is 0 Å². The van der Waals surface area contributed by atoms with E-state index in [0.29, 0.717) is 14.7 Å². The van der Waals surface area contributed by atoms with Gasteiger partial charge in [-0.15, -0.1) is 0 Å². The Balaban J connectivity index is 1.67. The minimum atomic E-state index is -1.30. The molecule has 4 rings (SSSR count). The molecule has 10 heteroatoms. The number of halogens is 4. The van der Waals surface area contributed by atoms with Crippen molar-refractivity contribution in [2.24, 2.45) is 5.73 Å². The third-order valence-electron chi connectivity index (χ3n) is 5.88. The first-order valence-corrected chi connectivity index (χ1v) is 11.8. The Morgan fingerprint density at radius 1 is 1.12 bits per heavy atom. The van der Waals surface area contributed by atoms with E-state index in [9.17, 15) is 22.8 Å². The summed E-state index contributed by atoms with van der Waals surface area (Å²) in [5, 5.41) is 5.88. The SMILES string of the molecule is NC(=O)C1=C([C@@H]2CCCCN2)CN(C(=O)c2ccc(F)c(F)c2Nc2ccc(I)cc2F)C=C1. The van der Waals surface area contributed by atoms with Crippen LogP contribution in [0.3, 0.4) is 0 Å². The Bertz CT molecular complexity index is 1210. The predicted molar refractivity (Wildman–Crippen MR) is 131 cm³/mol. The van der Waals surface area contributed by atoms with E-state index in [2.05, 4.69) is 10.6 Å². The highest BCUT2D eigenvalue weighted by atomic mass is 127. The van der Waals surface area contributed by atoms with Crippen LogP contribution >= 0.6 is 22.6 Å². The van der Waals surface area contributed by atoms with Gasteiger partial charge in [0.1, 0.15) is 5.82 Å². The molecule has 34 heavy (non-hydrogen) atoms. The quantitative estimate of drug-likeness (QED) is 0.458. The molecule has 0 radical (unpaired) electrons. The number of amides is 2. The maximum Gasteiger partial charge on any atom is 0.260 e. The number of hydrogen-bond acceptors (Lipinski definition) is 4. The molecule has 0 unspecified atom stereocenters. The summed E-state index contributed by atoms with van der Waals surface area (Å²) in [4.78, 5) is 26.7. The molecule has 0 aliphatic carbocycles. The van der Waals surface area contributed by atoms with Crippen molar-refractivity contribution in [3.8, 4) is 0 Å². The summed E-state index contributed by atoms with van der Waals surface area (Å²) in [5.41, 5.74) is 5.80. The van der Waals surface area contributed by atoms with Gasteiger partial charge in [-0.2, -0.15) is 0 Å². The number of benzene rings is 2. The van der Waals surface area contributed by atoms with Gasteiger partial charge in [0.15, 0.2) is 11.6 Å². The Labute approximate surface area is 208 Å². The van der Waals surface area contributed by atoms with Crippen molar-refractivity contribution in [1.29, 1.82) is 0 Å². The molecule has 2 aliphatic rings. The van der Waals surface area contributed by atoms with Crippen LogP contribution < -0.4 is 16.4 Å². The highest BCUT2D eigenvalue weighted by Crippen LogP contribution is 2.31. The molecule has 2 aromatic carbocycles. The van der Waals surface area contributed by atoms with Crippen molar-refractivity contribution >= 4 is 45.8 Å². The molecule has 1 fully saturated rings. The van der Waals surface area contributed by atoms with Crippen molar-refractivity contribution in [2.45, 2.75) is 25.3 Å². The van der Waals surface area contributed by atoms with Crippen LogP contribution in [-0.2, 0) is 4.79 Å². The van der Waals surface area contributed by atoms with Gasteiger partial charge in [0.25, 0.3) is 5.91 Å². The van der Waals surface area contributed by atoms with Crippen LogP contribution in [0, 0.1) is 21.0 Å². The Kier molecular flexibility index (Phi) is 7.27. The number of nitrogens with zero attached hydrogens (tertiary/aromatic N) is 1. The summed E-state index contributed by atoms with van der Waals surface area (Å²) in [6, 6.07) is 6.07. The number of nitrogens with one attached hydrogen (secondary N) is 2. The van der Waals surface area contributed by atoms with Crippen LogP contribution in [0.4, 0.5) is 24.5 Å². The topological polar surface area (TPSA) is 87.5 Å². The zero-order valence-corrected chi connectivity index (χ0v) is 20.2. The van der Waals surface area contributed by atoms with Crippen LogP contribution in [0.15, 0.2) is 53.8 Å². The highest BCUT2D eigenvalue weighted by molar-refractivity contribution is 14.1. The predicted octanol–water partition coefficient (Wildman–Crippen LogP) is 4.35. The maximum absolute atomic E-state index is 14.8. The highest BCUT2D eigenvalue weighted by Gasteiger charge is 2.30. The summed E-state index contributed by atoms with van der Waals surface area (Å²) in [6.07, 6.45) is 5.61.